The van der Waals surface area contributed by atoms with E-state index < -0.39 is 0 Å². The first kappa shape index (κ1) is 19.5. The van der Waals surface area contributed by atoms with Crippen molar-refractivity contribution in [1.82, 2.24) is 20.3 Å². The predicted octanol–water partition coefficient (Wildman–Crippen LogP) is 2.82. The van der Waals surface area contributed by atoms with Crippen molar-refractivity contribution in [2.75, 3.05) is 30.8 Å². The summed E-state index contributed by atoms with van der Waals surface area (Å²) in [7, 11) is 1.96. The molecule has 0 atom stereocenters. The van der Waals surface area contributed by atoms with Crippen LogP contribution in [-0.2, 0) is 11.2 Å². The SMILES string of the molecule is CCCN(C)c1cc(Cl)nc(SCC(=O)NCCc2ccccn2)n1. The third kappa shape index (κ3) is 6.88. The molecule has 0 unspecified atom stereocenters. The molecule has 0 aromatic carbocycles. The lowest BCUT2D eigenvalue weighted by Crippen LogP contribution is -2.27. The van der Waals surface area contributed by atoms with Crippen molar-refractivity contribution in [2.24, 2.45) is 0 Å². The molecule has 0 saturated carbocycles. The van der Waals surface area contributed by atoms with Gasteiger partial charge in [-0.1, -0.05) is 36.4 Å². The van der Waals surface area contributed by atoms with Crippen molar-refractivity contribution in [1.29, 1.82) is 0 Å². The highest BCUT2D eigenvalue weighted by molar-refractivity contribution is 7.99. The number of rotatable bonds is 9. The number of aromatic nitrogens is 3. The summed E-state index contributed by atoms with van der Waals surface area (Å²) >= 11 is 7.34. The first-order chi connectivity index (χ1) is 12.1. The van der Waals surface area contributed by atoms with Gasteiger partial charge in [0, 0.05) is 44.5 Å². The van der Waals surface area contributed by atoms with Gasteiger partial charge in [-0.3, -0.25) is 9.78 Å². The minimum absolute atomic E-state index is 0.0621. The van der Waals surface area contributed by atoms with Gasteiger partial charge in [-0.15, -0.1) is 0 Å². The number of anilines is 1. The first-order valence-corrected chi connectivity index (χ1v) is 9.50. The van der Waals surface area contributed by atoms with Crippen LogP contribution in [0.5, 0.6) is 0 Å². The Labute approximate surface area is 157 Å². The van der Waals surface area contributed by atoms with Gasteiger partial charge < -0.3 is 10.2 Å². The number of halogens is 1. The van der Waals surface area contributed by atoms with Gasteiger partial charge in [0.1, 0.15) is 11.0 Å². The summed E-state index contributed by atoms with van der Waals surface area (Å²) in [6.07, 6.45) is 3.47. The standard InChI is InChI=1S/C17H22ClN5OS/c1-3-10-23(2)15-11-14(18)21-17(22-15)25-12-16(24)20-9-7-13-6-4-5-8-19-13/h4-6,8,11H,3,7,9-10,12H2,1-2H3,(H,20,24). The van der Waals surface area contributed by atoms with E-state index in [9.17, 15) is 4.79 Å². The summed E-state index contributed by atoms with van der Waals surface area (Å²) in [5.41, 5.74) is 0.956. The zero-order valence-electron chi connectivity index (χ0n) is 14.4. The lowest BCUT2D eigenvalue weighted by Gasteiger charge is -2.17. The highest BCUT2D eigenvalue weighted by Crippen LogP contribution is 2.21. The van der Waals surface area contributed by atoms with Gasteiger partial charge in [0.2, 0.25) is 5.91 Å². The maximum Gasteiger partial charge on any atom is 0.230 e. The number of carbonyl (C=O) groups is 1. The minimum Gasteiger partial charge on any atom is -0.360 e. The molecule has 8 heteroatoms. The Morgan fingerprint density at radius 3 is 2.92 bits per heavy atom. The van der Waals surface area contributed by atoms with Crippen LogP contribution >= 0.6 is 23.4 Å². The fourth-order valence-electron chi connectivity index (χ4n) is 2.15. The van der Waals surface area contributed by atoms with E-state index in [1.165, 1.54) is 11.8 Å². The highest BCUT2D eigenvalue weighted by atomic mass is 35.5. The molecular formula is C17H22ClN5OS. The smallest absolute Gasteiger partial charge is 0.230 e. The molecule has 0 aliphatic heterocycles. The number of nitrogens with one attached hydrogen (secondary N) is 1. The predicted molar refractivity (Wildman–Crippen MR) is 102 cm³/mol. The van der Waals surface area contributed by atoms with Crippen molar-refractivity contribution >= 4 is 35.1 Å². The lowest BCUT2D eigenvalue weighted by molar-refractivity contribution is -0.118. The second-order valence-electron chi connectivity index (χ2n) is 5.46. The molecule has 1 amide bonds. The molecule has 25 heavy (non-hydrogen) atoms. The Morgan fingerprint density at radius 1 is 1.36 bits per heavy atom. The molecule has 6 nitrogen and oxygen atoms in total. The van der Waals surface area contributed by atoms with Crippen molar-refractivity contribution in [3.63, 3.8) is 0 Å². The second-order valence-corrected chi connectivity index (χ2v) is 6.79. The molecule has 0 radical (unpaired) electrons. The molecule has 0 aliphatic carbocycles. The largest absolute Gasteiger partial charge is 0.360 e. The summed E-state index contributed by atoms with van der Waals surface area (Å²) in [4.78, 5) is 26.8. The molecule has 134 valence electrons. The van der Waals surface area contributed by atoms with E-state index in [2.05, 4.69) is 27.2 Å². The number of pyridine rings is 1. The van der Waals surface area contributed by atoms with E-state index in [1.807, 2.05) is 30.1 Å². The molecule has 2 heterocycles. The Hall–Kier alpha value is -1.86. The van der Waals surface area contributed by atoms with E-state index in [4.69, 9.17) is 11.6 Å². The summed E-state index contributed by atoms with van der Waals surface area (Å²) in [5.74, 6) is 0.951. The number of carbonyl (C=O) groups excluding carboxylic acids is 1. The number of amides is 1. The average molecular weight is 380 g/mol. The van der Waals surface area contributed by atoms with E-state index >= 15 is 0 Å². The highest BCUT2D eigenvalue weighted by Gasteiger charge is 2.10. The third-order valence-corrected chi connectivity index (χ3v) is 4.41. The van der Waals surface area contributed by atoms with Crippen LogP contribution in [-0.4, -0.2) is 46.7 Å². The summed E-state index contributed by atoms with van der Waals surface area (Å²) in [6, 6.07) is 7.47. The van der Waals surface area contributed by atoms with Crippen LogP contribution in [0, 0.1) is 0 Å². The van der Waals surface area contributed by atoms with Crippen LogP contribution in [0.25, 0.3) is 0 Å². The summed E-state index contributed by atoms with van der Waals surface area (Å²) < 4.78 is 0. The fourth-order valence-corrected chi connectivity index (χ4v) is 3.06. The zero-order chi connectivity index (χ0) is 18.1. The zero-order valence-corrected chi connectivity index (χ0v) is 16.0. The second kappa shape index (κ2) is 10.2. The van der Waals surface area contributed by atoms with Crippen LogP contribution in [0.15, 0.2) is 35.6 Å². The van der Waals surface area contributed by atoms with Gasteiger partial charge in [0.15, 0.2) is 5.16 Å². The normalized spacial score (nSPS) is 10.5. The van der Waals surface area contributed by atoms with E-state index in [-0.39, 0.29) is 11.7 Å². The monoisotopic (exact) mass is 379 g/mol. The molecule has 0 spiro atoms. The molecule has 0 bridgehead atoms. The molecule has 0 fully saturated rings. The maximum atomic E-state index is 12.0. The van der Waals surface area contributed by atoms with Crippen LogP contribution in [0.4, 0.5) is 5.82 Å². The Morgan fingerprint density at radius 2 is 2.20 bits per heavy atom. The molecule has 0 saturated heterocycles. The van der Waals surface area contributed by atoms with Crippen LogP contribution in [0.1, 0.15) is 19.0 Å². The number of hydrogen-bond acceptors (Lipinski definition) is 6. The summed E-state index contributed by atoms with van der Waals surface area (Å²) in [5, 5.41) is 3.76. The molecule has 2 rings (SSSR count). The van der Waals surface area contributed by atoms with Crippen molar-refractivity contribution in [2.45, 2.75) is 24.9 Å². The van der Waals surface area contributed by atoms with Crippen LogP contribution in [0.3, 0.4) is 0 Å². The Balaban J connectivity index is 1.80. The quantitative estimate of drug-likeness (QED) is 0.410. The minimum atomic E-state index is -0.0621. The Kier molecular flexibility index (Phi) is 7.94. The number of nitrogens with zero attached hydrogens (tertiary/aromatic N) is 4. The van der Waals surface area contributed by atoms with Gasteiger partial charge >= 0.3 is 0 Å². The van der Waals surface area contributed by atoms with Crippen molar-refractivity contribution < 1.29 is 4.79 Å². The van der Waals surface area contributed by atoms with Crippen LogP contribution in [0.2, 0.25) is 5.15 Å². The third-order valence-electron chi connectivity index (χ3n) is 3.37. The van der Waals surface area contributed by atoms with Gasteiger partial charge in [-0.25, -0.2) is 9.97 Å². The molecule has 0 aliphatic rings. The number of hydrogen-bond donors (Lipinski definition) is 1. The van der Waals surface area contributed by atoms with Crippen LogP contribution < -0.4 is 10.2 Å². The van der Waals surface area contributed by atoms with E-state index in [0.29, 0.717) is 23.3 Å². The van der Waals surface area contributed by atoms with Gasteiger partial charge in [0.05, 0.1) is 5.75 Å². The molecule has 2 aromatic rings. The summed E-state index contributed by atoms with van der Waals surface area (Å²) in [6.45, 7) is 3.53. The lowest BCUT2D eigenvalue weighted by atomic mass is 10.3. The van der Waals surface area contributed by atoms with E-state index in [1.54, 1.807) is 12.3 Å². The average Bonchev–Trinajstić information content (AvgIpc) is 2.61. The van der Waals surface area contributed by atoms with E-state index in [0.717, 1.165) is 24.5 Å². The van der Waals surface area contributed by atoms with Gasteiger partial charge in [-0.2, -0.15) is 0 Å². The first-order valence-electron chi connectivity index (χ1n) is 8.13. The topological polar surface area (TPSA) is 71.0 Å². The maximum absolute atomic E-state index is 12.0. The van der Waals surface area contributed by atoms with Gasteiger partial charge in [0.25, 0.3) is 0 Å². The van der Waals surface area contributed by atoms with Gasteiger partial charge in [-0.05, 0) is 18.6 Å². The fraction of sp³-hybridized carbons (Fsp3) is 0.412. The molecule has 2 aromatic heterocycles. The van der Waals surface area contributed by atoms with Crippen molar-refractivity contribution in [3.8, 4) is 0 Å². The molecular weight excluding hydrogens is 358 g/mol. The molecule has 1 N–H and O–H groups in total. The number of thioether (sulfide) groups is 1. The Bertz CT molecular complexity index is 686. The van der Waals surface area contributed by atoms with Crippen molar-refractivity contribution in [3.05, 3.63) is 41.3 Å².